The Hall–Kier alpha value is -1.99. The van der Waals surface area contributed by atoms with E-state index in [0.717, 1.165) is 12.8 Å². The fraction of sp³-hybridized carbons (Fsp3) is 0.438. The van der Waals surface area contributed by atoms with Crippen molar-refractivity contribution in [2.45, 2.75) is 38.3 Å². The highest BCUT2D eigenvalue weighted by molar-refractivity contribution is 7.71. The Balaban J connectivity index is 1.94. The second-order valence-electron chi connectivity index (χ2n) is 6.05. The minimum Gasteiger partial charge on any atom is -0.393 e. The number of nitrogens with one attached hydrogen (secondary N) is 2. The lowest BCUT2D eigenvalue weighted by Crippen LogP contribution is -2.37. The summed E-state index contributed by atoms with van der Waals surface area (Å²) >= 11 is 4.98. The van der Waals surface area contributed by atoms with Gasteiger partial charge in [-0.1, -0.05) is 0 Å². The normalized spacial score (nSPS) is 19.2. The van der Waals surface area contributed by atoms with Crippen LogP contribution in [0.1, 0.15) is 36.5 Å². The first kappa shape index (κ1) is 15.9. The smallest absolute Gasteiger partial charge is 0.259 e. The molecule has 1 aromatic heterocycles. The third-order valence-electron chi connectivity index (χ3n) is 4.24. The van der Waals surface area contributed by atoms with Crippen molar-refractivity contribution >= 4 is 29.0 Å². The minimum atomic E-state index is -0.431. The Bertz CT molecular complexity index is 856. The van der Waals surface area contributed by atoms with Crippen LogP contribution in [0.15, 0.2) is 23.0 Å². The van der Waals surface area contributed by atoms with E-state index in [4.69, 9.17) is 12.2 Å². The highest BCUT2D eigenvalue weighted by Crippen LogP contribution is 2.24. The van der Waals surface area contributed by atoms with Gasteiger partial charge in [0.2, 0.25) is 0 Å². The quantitative estimate of drug-likeness (QED) is 0.749. The van der Waals surface area contributed by atoms with Crippen molar-refractivity contribution in [3.8, 4) is 0 Å². The topological polar surface area (TPSA) is 89.2 Å². The average molecular weight is 333 g/mol. The fourth-order valence-corrected chi connectivity index (χ4v) is 3.41. The number of likely N-dealkylation sites (tertiary alicyclic amines) is 1. The van der Waals surface area contributed by atoms with Crippen molar-refractivity contribution in [1.29, 1.82) is 0 Å². The molecule has 3 N–H and O–H groups in total. The molecule has 1 aliphatic heterocycles. The summed E-state index contributed by atoms with van der Waals surface area (Å²) in [6.07, 6.45) is 2.01. The van der Waals surface area contributed by atoms with E-state index in [1.54, 1.807) is 25.1 Å². The van der Waals surface area contributed by atoms with Crippen molar-refractivity contribution in [2.24, 2.45) is 0 Å². The van der Waals surface area contributed by atoms with E-state index in [-0.39, 0.29) is 22.3 Å². The van der Waals surface area contributed by atoms with Gasteiger partial charge in [-0.2, -0.15) is 0 Å². The number of aliphatic hydroxyl groups excluding tert-OH is 1. The third-order valence-corrected chi connectivity index (χ3v) is 4.44. The molecule has 2 aromatic rings. The van der Waals surface area contributed by atoms with E-state index < -0.39 is 6.10 Å². The van der Waals surface area contributed by atoms with Crippen LogP contribution in [0.3, 0.4) is 0 Å². The lowest BCUT2D eigenvalue weighted by molar-refractivity contribution is 0.0682. The average Bonchev–Trinajstić information content (AvgIpc) is 2.92. The summed E-state index contributed by atoms with van der Waals surface area (Å²) in [4.78, 5) is 31.9. The van der Waals surface area contributed by atoms with Crippen LogP contribution >= 0.6 is 12.2 Å². The molecule has 2 heterocycles. The molecule has 122 valence electrons. The van der Waals surface area contributed by atoms with Gasteiger partial charge in [0.15, 0.2) is 4.77 Å². The van der Waals surface area contributed by atoms with Crippen molar-refractivity contribution in [3.05, 3.63) is 38.9 Å². The predicted octanol–water partition coefficient (Wildman–Crippen LogP) is 1.96. The first-order valence-electron chi connectivity index (χ1n) is 7.71. The van der Waals surface area contributed by atoms with Crippen LogP contribution in [-0.2, 0) is 0 Å². The molecule has 1 aliphatic rings. The van der Waals surface area contributed by atoms with Gasteiger partial charge in [-0.15, -0.1) is 0 Å². The van der Waals surface area contributed by atoms with Crippen molar-refractivity contribution in [1.82, 2.24) is 14.9 Å². The third kappa shape index (κ3) is 3.20. The molecule has 2 atom stereocenters. The summed E-state index contributed by atoms with van der Waals surface area (Å²) in [6.45, 7) is 2.43. The van der Waals surface area contributed by atoms with Crippen LogP contribution in [0, 0.1) is 4.77 Å². The van der Waals surface area contributed by atoms with E-state index in [1.807, 2.05) is 4.90 Å². The first-order chi connectivity index (χ1) is 11.0. The largest absolute Gasteiger partial charge is 0.393 e. The predicted molar refractivity (Wildman–Crippen MR) is 90.1 cm³/mol. The second kappa shape index (κ2) is 6.25. The molecule has 7 heteroatoms. The molecule has 1 amide bonds. The van der Waals surface area contributed by atoms with E-state index in [2.05, 4.69) is 9.97 Å². The first-order valence-corrected chi connectivity index (χ1v) is 8.12. The molecule has 0 saturated carbocycles. The number of nitrogens with zero attached hydrogens (tertiary/aromatic N) is 1. The lowest BCUT2D eigenvalue weighted by atomic mass is 10.1. The van der Waals surface area contributed by atoms with Crippen molar-refractivity contribution in [3.63, 3.8) is 0 Å². The molecular weight excluding hydrogens is 314 g/mol. The standard InChI is InChI=1S/C16H19N3O3S/c1-9(20)7-11-3-2-6-19(11)15(22)10-4-5-12-13(8-10)17-16(23)18-14(12)21/h4-5,8-9,11,20H,2-3,6-7H2,1H3,(H2,17,18,21,23). The number of carbonyl (C=O) groups excluding carboxylic acids is 1. The Kier molecular flexibility index (Phi) is 4.32. The van der Waals surface area contributed by atoms with Crippen molar-refractivity contribution < 1.29 is 9.90 Å². The molecule has 2 unspecified atom stereocenters. The van der Waals surface area contributed by atoms with E-state index >= 15 is 0 Å². The van der Waals surface area contributed by atoms with Crippen LogP contribution < -0.4 is 5.56 Å². The molecule has 1 saturated heterocycles. The van der Waals surface area contributed by atoms with E-state index in [1.165, 1.54) is 0 Å². The summed E-state index contributed by atoms with van der Waals surface area (Å²) in [6, 6.07) is 5.03. The maximum absolute atomic E-state index is 12.8. The Labute approximate surface area is 138 Å². The second-order valence-corrected chi connectivity index (χ2v) is 6.46. The minimum absolute atomic E-state index is 0.0656. The van der Waals surface area contributed by atoms with Crippen LogP contribution in [0.25, 0.3) is 10.9 Å². The molecule has 23 heavy (non-hydrogen) atoms. The maximum Gasteiger partial charge on any atom is 0.259 e. The number of aromatic nitrogens is 2. The maximum atomic E-state index is 12.8. The highest BCUT2D eigenvalue weighted by atomic mass is 32.1. The zero-order valence-electron chi connectivity index (χ0n) is 12.8. The fourth-order valence-electron chi connectivity index (χ4n) is 3.21. The zero-order valence-corrected chi connectivity index (χ0v) is 13.7. The van der Waals surface area contributed by atoms with E-state index in [0.29, 0.717) is 29.4 Å². The van der Waals surface area contributed by atoms with Gasteiger partial charge in [-0.25, -0.2) is 0 Å². The number of hydrogen-bond donors (Lipinski definition) is 3. The van der Waals surface area contributed by atoms with Gasteiger partial charge < -0.3 is 15.0 Å². The van der Waals surface area contributed by atoms with Gasteiger partial charge in [0.25, 0.3) is 11.5 Å². The molecule has 6 nitrogen and oxygen atoms in total. The number of H-pyrrole nitrogens is 2. The summed E-state index contributed by atoms with van der Waals surface area (Å²) < 4.78 is 0.236. The Morgan fingerprint density at radius 3 is 3.00 bits per heavy atom. The Morgan fingerprint density at radius 2 is 2.26 bits per heavy atom. The molecule has 1 fully saturated rings. The Morgan fingerprint density at radius 1 is 1.48 bits per heavy atom. The molecule has 0 spiro atoms. The zero-order chi connectivity index (χ0) is 16.6. The number of rotatable bonds is 3. The van der Waals surface area contributed by atoms with Crippen molar-refractivity contribution in [2.75, 3.05) is 6.54 Å². The summed E-state index contributed by atoms with van der Waals surface area (Å²) in [5.74, 6) is -0.0744. The molecule has 0 aliphatic carbocycles. The van der Waals surface area contributed by atoms with Crippen LogP contribution in [0.4, 0.5) is 0 Å². The van der Waals surface area contributed by atoms with Crippen LogP contribution in [-0.4, -0.2) is 44.6 Å². The van der Waals surface area contributed by atoms with Gasteiger partial charge in [-0.05, 0) is 56.6 Å². The van der Waals surface area contributed by atoms with Crippen LogP contribution in [0.2, 0.25) is 0 Å². The number of carbonyl (C=O) groups is 1. The van der Waals surface area contributed by atoms with E-state index in [9.17, 15) is 14.7 Å². The number of hydrogen-bond acceptors (Lipinski definition) is 4. The number of amides is 1. The number of aliphatic hydroxyl groups is 1. The monoisotopic (exact) mass is 333 g/mol. The molecule has 3 rings (SSSR count). The van der Waals surface area contributed by atoms with Gasteiger partial charge in [0.05, 0.1) is 17.0 Å². The molecule has 0 radical (unpaired) electrons. The van der Waals surface area contributed by atoms with Gasteiger partial charge >= 0.3 is 0 Å². The number of benzene rings is 1. The highest BCUT2D eigenvalue weighted by Gasteiger charge is 2.30. The summed E-state index contributed by atoms with van der Waals surface area (Å²) in [5, 5.41) is 10.1. The van der Waals surface area contributed by atoms with Gasteiger partial charge in [-0.3, -0.25) is 14.6 Å². The summed E-state index contributed by atoms with van der Waals surface area (Å²) in [7, 11) is 0. The lowest BCUT2D eigenvalue weighted by Gasteiger charge is -2.25. The summed E-state index contributed by atoms with van der Waals surface area (Å²) in [5.41, 5.74) is 0.804. The number of fused-ring (bicyclic) bond motifs is 1. The SMILES string of the molecule is CC(O)CC1CCCN1C(=O)c1ccc2c(=O)[nH]c(=S)[nH]c2c1. The molecule has 0 bridgehead atoms. The van der Waals surface area contributed by atoms with Crippen LogP contribution in [0.5, 0.6) is 0 Å². The number of aromatic amines is 2. The van der Waals surface area contributed by atoms with Gasteiger partial charge in [0, 0.05) is 18.2 Å². The molecular formula is C16H19N3O3S. The molecule has 1 aromatic carbocycles. The van der Waals surface area contributed by atoms with Gasteiger partial charge in [0.1, 0.15) is 0 Å².